The van der Waals surface area contributed by atoms with Crippen molar-refractivity contribution in [2.75, 3.05) is 51.3 Å². The van der Waals surface area contributed by atoms with Crippen LogP contribution in [0.3, 0.4) is 0 Å². The van der Waals surface area contributed by atoms with Gasteiger partial charge >= 0.3 is 0 Å². The van der Waals surface area contributed by atoms with Gasteiger partial charge in [0.25, 0.3) is 5.91 Å². The number of thiazole rings is 1. The number of ether oxygens (including phenoxy) is 1. The summed E-state index contributed by atoms with van der Waals surface area (Å²) >= 11 is 1.38. The van der Waals surface area contributed by atoms with Gasteiger partial charge in [0.2, 0.25) is 5.43 Å². The molecule has 8 nitrogen and oxygen atoms in total. The van der Waals surface area contributed by atoms with Crippen LogP contribution in [0.25, 0.3) is 26.1 Å². The van der Waals surface area contributed by atoms with Crippen LogP contribution < -0.4 is 15.6 Å². The number of para-hydroxylation sites is 1. The van der Waals surface area contributed by atoms with Gasteiger partial charge in [-0.3, -0.25) is 14.0 Å². The number of halogens is 1. The van der Waals surface area contributed by atoms with Crippen molar-refractivity contribution in [1.82, 2.24) is 19.6 Å². The highest BCUT2D eigenvalue weighted by Gasteiger charge is 2.26. The number of benzene rings is 1. The van der Waals surface area contributed by atoms with Gasteiger partial charge in [-0.1, -0.05) is 12.1 Å². The third-order valence-electron chi connectivity index (χ3n) is 7.32. The molecule has 0 saturated carbocycles. The monoisotopic (exact) mass is 509 g/mol. The first-order valence-corrected chi connectivity index (χ1v) is 13.2. The van der Waals surface area contributed by atoms with E-state index >= 15 is 4.39 Å². The van der Waals surface area contributed by atoms with Crippen molar-refractivity contribution in [3.05, 3.63) is 51.9 Å². The lowest BCUT2D eigenvalue weighted by Gasteiger charge is -2.28. The molecule has 10 heteroatoms. The average molecular weight is 510 g/mol. The number of hydrogen-bond acceptors (Lipinski definition) is 7. The number of nitrogens with zero attached hydrogens (tertiary/aromatic N) is 4. The van der Waals surface area contributed by atoms with Crippen LogP contribution in [0.4, 0.5) is 10.2 Å². The van der Waals surface area contributed by atoms with Crippen LogP contribution in [0.2, 0.25) is 0 Å². The van der Waals surface area contributed by atoms with Crippen LogP contribution in [0.15, 0.2) is 35.1 Å². The molecular weight excluding hydrogens is 481 g/mol. The third-order valence-corrected chi connectivity index (χ3v) is 8.47. The maximum Gasteiger partial charge on any atom is 0.258 e. The molecular formula is C26H28FN5O3S. The maximum atomic E-state index is 15.3. The summed E-state index contributed by atoms with van der Waals surface area (Å²) in [6.45, 7) is 3.57. The Balaban J connectivity index is 1.48. The number of amides is 1. The molecule has 0 bridgehead atoms. The van der Waals surface area contributed by atoms with E-state index in [1.807, 2.05) is 33.6 Å². The van der Waals surface area contributed by atoms with Crippen molar-refractivity contribution in [3.63, 3.8) is 0 Å². The van der Waals surface area contributed by atoms with E-state index in [0.29, 0.717) is 49.4 Å². The largest absolute Gasteiger partial charge is 0.378 e. The highest BCUT2D eigenvalue weighted by molar-refractivity contribution is 7.24. The van der Waals surface area contributed by atoms with Crippen molar-refractivity contribution in [2.45, 2.75) is 25.3 Å². The van der Waals surface area contributed by atoms with E-state index in [4.69, 9.17) is 4.74 Å². The molecule has 2 fully saturated rings. The maximum absolute atomic E-state index is 15.3. The van der Waals surface area contributed by atoms with Crippen LogP contribution in [-0.2, 0) is 4.74 Å². The van der Waals surface area contributed by atoms with Gasteiger partial charge in [0.1, 0.15) is 10.4 Å². The van der Waals surface area contributed by atoms with E-state index in [1.165, 1.54) is 17.4 Å². The lowest BCUT2D eigenvalue weighted by molar-refractivity contribution is 0.0951. The standard InChI is InChI=1S/C26H28FN5O3S/c1-30-10-4-5-16(30)8-9-28-25(34)21-22(33)17-15-18(27)24(31-11-13-35-14-12-31)29-23(17)32-19-6-2-3-7-20(19)36-26(21)32/h2-3,6-7,15-16H,4-5,8-14H2,1H3,(H,28,34)/t16-/m1/s1. The van der Waals surface area contributed by atoms with E-state index < -0.39 is 17.2 Å². The second-order valence-electron chi connectivity index (χ2n) is 9.50. The van der Waals surface area contributed by atoms with Crippen LogP contribution in [0.1, 0.15) is 29.6 Å². The molecule has 5 heterocycles. The minimum atomic E-state index is -0.573. The Bertz CT molecular complexity index is 1530. The Labute approximate surface area is 211 Å². The fourth-order valence-electron chi connectivity index (χ4n) is 5.38. The van der Waals surface area contributed by atoms with Gasteiger partial charge in [0, 0.05) is 25.7 Å². The predicted molar refractivity (Wildman–Crippen MR) is 140 cm³/mol. The Morgan fingerprint density at radius 2 is 2.06 bits per heavy atom. The van der Waals surface area contributed by atoms with Crippen molar-refractivity contribution < 1.29 is 13.9 Å². The molecule has 1 atom stereocenters. The first kappa shape index (κ1) is 23.3. The lowest BCUT2D eigenvalue weighted by Crippen LogP contribution is -2.37. The van der Waals surface area contributed by atoms with Gasteiger partial charge in [0.05, 0.1) is 28.8 Å². The summed E-state index contributed by atoms with van der Waals surface area (Å²) < 4.78 is 23.4. The summed E-state index contributed by atoms with van der Waals surface area (Å²) in [5, 5.41) is 3.06. The summed E-state index contributed by atoms with van der Waals surface area (Å²) in [6, 6.07) is 9.38. The van der Waals surface area contributed by atoms with Crippen LogP contribution in [-0.4, -0.2) is 72.7 Å². The number of morpholine rings is 1. The fraction of sp³-hybridized carbons (Fsp3) is 0.423. The van der Waals surface area contributed by atoms with Crippen molar-refractivity contribution in [3.8, 4) is 0 Å². The van der Waals surface area contributed by atoms with Crippen molar-refractivity contribution >= 4 is 49.1 Å². The zero-order valence-electron chi connectivity index (χ0n) is 20.1. The van der Waals surface area contributed by atoms with E-state index in [0.717, 1.165) is 36.0 Å². The summed E-state index contributed by atoms with van der Waals surface area (Å²) in [4.78, 5) is 36.4. The van der Waals surface area contributed by atoms with Gasteiger partial charge in [-0.15, -0.1) is 11.3 Å². The summed E-state index contributed by atoms with van der Waals surface area (Å²) in [5.74, 6) is -0.798. The summed E-state index contributed by atoms with van der Waals surface area (Å²) in [7, 11) is 2.10. The number of aromatic nitrogens is 2. The second kappa shape index (κ2) is 9.42. The molecule has 1 aromatic carbocycles. The minimum absolute atomic E-state index is 0.0452. The zero-order chi connectivity index (χ0) is 24.8. The van der Waals surface area contributed by atoms with E-state index in [2.05, 4.69) is 22.2 Å². The van der Waals surface area contributed by atoms with Gasteiger partial charge in [-0.05, 0) is 51.1 Å². The topological polar surface area (TPSA) is 79.2 Å². The minimum Gasteiger partial charge on any atom is -0.378 e. The number of likely N-dealkylation sites (tertiary alicyclic amines) is 1. The predicted octanol–water partition coefficient (Wildman–Crippen LogP) is 3.25. The Morgan fingerprint density at radius 1 is 1.25 bits per heavy atom. The SMILES string of the molecule is CN1CCC[C@@H]1CCNC(=O)c1c(=O)c2cc(F)c(N3CCOCC3)nc2n2c1sc1ccccc12. The van der Waals surface area contributed by atoms with Crippen LogP contribution >= 0.6 is 11.3 Å². The highest BCUT2D eigenvalue weighted by atomic mass is 32.1. The molecule has 6 rings (SSSR count). The molecule has 1 amide bonds. The summed E-state index contributed by atoms with van der Waals surface area (Å²) in [5.41, 5.74) is 0.742. The number of hydrogen-bond donors (Lipinski definition) is 1. The highest BCUT2D eigenvalue weighted by Crippen LogP contribution is 2.32. The third kappa shape index (κ3) is 3.93. The molecule has 1 N–H and O–H groups in total. The van der Waals surface area contributed by atoms with Gasteiger partial charge < -0.3 is 19.9 Å². The number of nitrogens with one attached hydrogen (secondary N) is 1. The van der Waals surface area contributed by atoms with Crippen LogP contribution in [0, 0.1) is 5.82 Å². The molecule has 188 valence electrons. The molecule has 2 aliphatic rings. The molecule has 3 aromatic heterocycles. The fourth-order valence-corrected chi connectivity index (χ4v) is 6.56. The van der Waals surface area contributed by atoms with E-state index in [9.17, 15) is 9.59 Å². The number of rotatable bonds is 5. The molecule has 2 saturated heterocycles. The van der Waals surface area contributed by atoms with Gasteiger partial charge in [0.15, 0.2) is 17.3 Å². The molecule has 0 radical (unpaired) electrons. The number of carbonyl (C=O) groups is 1. The smallest absolute Gasteiger partial charge is 0.258 e. The van der Waals surface area contributed by atoms with E-state index in [1.54, 1.807) is 0 Å². The Morgan fingerprint density at radius 3 is 2.83 bits per heavy atom. The molecule has 0 spiro atoms. The number of carbonyl (C=O) groups excluding carboxylic acids is 1. The zero-order valence-corrected chi connectivity index (χ0v) is 20.9. The first-order chi connectivity index (χ1) is 17.5. The lowest BCUT2D eigenvalue weighted by atomic mass is 10.1. The van der Waals surface area contributed by atoms with Crippen molar-refractivity contribution in [2.24, 2.45) is 0 Å². The second-order valence-corrected chi connectivity index (χ2v) is 10.5. The normalized spacial score (nSPS) is 19.1. The number of pyridine rings is 2. The van der Waals surface area contributed by atoms with Crippen LogP contribution in [0.5, 0.6) is 0 Å². The number of anilines is 1. The summed E-state index contributed by atoms with van der Waals surface area (Å²) in [6.07, 6.45) is 3.10. The van der Waals surface area contributed by atoms with Gasteiger partial charge in [-0.2, -0.15) is 0 Å². The Kier molecular flexibility index (Phi) is 6.10. The molecule has 4 aromatic rings. The van der Waals surface area contributed by atoms with Gasteiger partial charge in [-0.25, -0.2) is 9.37 Å². The molecule has 2 aliphatic heterocycles. The molecule has 36 heavy (non-hydrogen) atoms. The van der Waals surface area contributed by atoms with E-state index in [-0.39, 0.29) is 16.8 Å². The molecule has 0 unspecified atom stereocenters. The first-order valence-electron chi connectivity index (χ1n) is 12.4. The molecule has 0 aliphatic carbocycles. The average Bonchev–Trinajstić information content (AvgIpc) is 3.47. The van der Waals surface area contributed by atoms with Crippen molar-refractivity contribution in [1.29, 1.82) is 0 Å². The Hall–Kier alpha value is -3.08. The quantitative estimate of drug-likeness (QED) is 0.445. The number of fused-ring (bicyclic) bond motifs is 5.